The third kappa shape index (κ3) is 3.82. The maximum absolute atomic E-state index is 11.0. The summed E-state index contributed by atoms with van der Waals surface area (Å²) in [5, 5.41) is 20.1. The van der Waals surface area contributed by atoms with Crippen molar-refractivity contribution in [3.8, 4) is 11.3 Å². The molecule has 0 bridgehead atoms. The monoisotopic (exact) mass is 341 g/mol. The van der Waals surface area contributed by atoms with E-state index in [1.165, 1.54) is 0 Å². The predicted molar refractivity (Wildman–Crippen MR) is 93.0 cm³/mol. The molecule has 3 aromatic rings. The highest BCUT2D eigenvalue weighted by Gasteiger charge is 2.08. The SMILES string of the molecule is O=C(O)c1cccc(CNCc2cn[nH]c2-c2ccc(Cl)cc2)c1. The minimum Gasteiger partial charge on any atom is -0.478 e. The summed E-state index contributed by atoms with van der Waals surface area (Å²) in [6.07, 6.45) is 1.78. The third-order valence-electron chi connectivity index (χ3n) is 3.67. The maximum Gasteiger partial charge on any atom is 0.335 e. The first kappa shape index (κ1) is 16.2. The molecular weight excluding hydrogens is 326 g/mol. The van der Waals surface area contributed by atoms with Crippen LogP contribution in [0.4, 0.5) is 0 Å². The Hall–Kier alpha value is -2.63. The van der Waals surface area contributed by atoms with E-state index in [-0.39, 0.29) is 0 Å². The Bertz CT molecular complexity index is 843. The van der Waals surface area contributed by atoms with Crippen molar-refractivity contribution in [2.24, 2.45) is 0 Å². The number of hydrogen-bond donors (Lipinski definition) is 3. The Morgan fingerprint density at radius 1 is 1.17 bits per heavy atom. The van der Waals surface area contributed by atoms with Gasteiger partial charge in [-0.1, -0.05) is 35.9 Å². The lowest BCUT2D eigenvalue weighted by atomic mass is 10.1. The summed E-state index contributed by atoms with van der Waals surface area (Å²) >= 11 is 5.92. The second-order valence-corrected chi connectivity index (χ2v) is 5.82. The molecule has 0 unspecified atom stereocenters. The van der Waals surface area contributed by atoms with Crippen LogP contribution in [0.1, 0.15) is 21.5 Å². The number of nitrogens with one attached hydrogen (secondary N) is 2. The lowest BCUT2D eigenvalue weighted by Crippen LogP contribution is -2.13. The highest BCUT2D eigenvalue weighted by Crippen LogP contribution is 2.22. The molecule has 0 aliphatic rings. The van der Waals surface area contributed by atoms with Crippen molar-refractivity contribution in [3.63, 3.8) is 0 Å². The molecule has 0 aliphatic heterocycles. The zero-order chi connectivity index (χ0) is 16.9. The van der Waals surface area contributed by atoms with Gasteiger partial charge in [-0.2, -0.15) is 5.10 Å². The number of halogens is 1. The van der Waals surface area contributed by atoms with E-state index < -0.39 is 5.97 Å². The van der Waals surface area contributed by atoms with Gasteiger partial charge in [0, 0.05) is 23.7 Å². The van der Waals surface area contributed by atoms with Crippen LogP contribution in [0.15, 0.2) is 54.7 Å². The normalized spacial score (nSPS) is 10.7. The number of carbonyl (C=O) groups is 1. The van der Waals surface area contributed by atoms with E-state index in [0.717, 1.165) is 22.4 Å². The summed E-state index contributed by atoms with van der Waals surface area (Å²) in [5.74, 6) is -0.920. The molecule has 3 rings (SSSR count). The molecule has 1 heterocycles. The first-order valence-corrected chi connectivity index (χ1v) is 7.82. The Morgan fingerprint density at radius 2 is 1.96 bits per heavy atom. The zero-order valence-electron chi connectivity index (χ0n) is 12.8. The maximum atomic E-state index is 11.0. The average molecular weight is 342 g/mol. The quantitative estimate of drug-likeness (QED) is 0.638. The van der Waals surface area contributed by atoms with E-state index in [1.807, 2.05) is 30.3 Å². The van der Waals surface area contributed by atoms with Crippen molar-refractivity contribution >= 4 is 17.6 Å². The Balaban J connectivity index is 1.66. The highest BCUT2D eigenvalue weighted by atomic mass is 35.5. The van der Waals surface area contributed by atoms with Gasteiger partial charge >= 0.3 is 5.97 Å². The Labute approximate surface area is 144 Å². The number of aromatic carboxylic acids is 1. The number of nitrogens with zero attached hydrogens (tertiary/aromatic N) is 1. The van der Waals surface area contributed by atoms with Crippen LogP contribution in [0.5, 0.6) is 0 Å². The van der Waals surface area contributed by atoms with Crippen molar-refractivity contribution in [2.75, 3.05) is 0 Å². The number of carboxylic acid groups (broad SMARTS) is 1. The van der Waals surface area contributed by atoms with Crippen molar-refractivity contribution in [1.82, 2.24) is 15.5 Å². The van der Waals surface area contributed by atoms with Gasteiger partial charge in [-0.05, 0) is 35.4 Å². The third-order valence-corrected chi connectivity index (χ3v) is 3.92. The number of aromatic amines is 1. The molecule has 0 fully saturated rings. The number of carboxylic acids is 1. The second-order valence-electron chi connectivity index (χ2n) is 5.39. The van der Waals surface area contributed by atoms with Crippen LogP contribution < -0.4 is 5.32 Å². The molecule has 0 spiro atoms. The number of rotatable bonds is 6. The minimum atomic E-state index is -0.920. The van der Waals surface area contributed by atoms with Crippen molar-refractivity contribution < 1.29 is 9.90 Å². The van der Waals surface area contributed by atoms with Gasteiger partial charge in [0.2, 0.25) is 0 Å². The van der Waals surface area contributed by atoms with E-state index in [0.29, 0.717) is 23.7 Å². The Kier molecular flexibility index (Phi) is 4.93. The fourth-order valence-corrected chi connectivity index (χ4v) is 2.59. The lowest BCUT2D eigenvalue weighted by molar-refractivity contribution is 0.0696. The predicted octanol–water partition coefficient (Wildman–Crippen LogP) is 3.72. The number of hydrogen-bond acceptors (Lipinski definition) is 3. The molecule has 2 aromatic carbocycles. The summed E-state index contributed by atoms with van der Waals surface area (Å²) in [6.45, 7) is 1.19. The minimum absolute atomic E-state index is 0.291. The van der Waals surface area contributed by atoms with Crippen molar-refractivity contribution in [2.45, 2.75) is 13.1 Å². The van der Waals surface area contributed by atoms with Crippen LogP contribution in [0, 0.1) is 0 Å². The summed E-state index contributed by atoms with van der Waals surface area (Å²) in [7, 11) is 0. The number of aromatic nitrogens is 2. The van der Waals surface area contributed by atoms with Gasteiger partial charge < -0.3 is 10.4 Å². The molecule has 1 aromatic heterocycles. The fourth-order valence-electron chi connectivity index (χ4n) is 2.47. The van der Waals surface area contributed by atoms with Crippen LogP contribution in [0.2, 0.25) is 5.02 Å². The zero-order valence-corrected chi connectivity index (χ0v) is 13.5. The first-order chi connectivity index (χ1) is 11.6. The van der Waals surface area contributed by atoms with Gasteiger partial charge in [-0.25, -0.2) is 4.79 Å². The van der Waals surface area contributed by atoms with Gasteiger partial charge in [0.15, 0.2) is 0 Å². The van der Waals surface area contributed by atoms with Gasteiger partial charge in [-0.3, -0.25) is 5.10 Å². The van der Waals surface area contributed by atoms with E-state index in [4.69, 9.17) is 16.7 Å². The van der Waals surface area contributed by atoms with Gasteiger partial charge in [0.1, 0.15) is 0 Å². The molecule has 5 nitrogen and oxygen atoms in total. The molecular formula is C18H16ClN3O2. The summed E-state index contributed by atoms with van der Waals surface area (Å²) < 4.78 is 0. The molecule has 0 amide bonds. The molecule has 0 atom stereocenters. The topological polar surface area (TPSA) is 78.0 Å². The fraction of sp³-hybridized carbons (Fsp3) is 0.111. The standard InChI is InChI=1S/C18H16ClN3O2/c19-16-6-4-13(5-7-16)17-15(11-21-22-17)10-20-9-12-2-1-3-14(8-12)18(23)24/h1-8,11,20H,9-10H2,(H,21,22)(H,23,24). The van der Waals surface area contributed by atoms with E-state index in [1.54, 1.807) is 24.4 Å². The Morgan fingerprint density at radius 3 is 2.71 bits per heavy atom. The van der Waals surface area contributed by atoms with Gasteiger partial charge in [0.05, 0.1) is 17.5 Å². The van der Waals surface area contributed by atoms with Crippen LogP contribution in [-0.4, -0.2) is 21.3 Å². The smallest absolute Gasteiger partial charge is 0.335 e. The molecule has 0 aliphatic carbocycles. The van der Waals surface area contributed by atoms with E-state index in [2.05, 4.69) is 15.5 Å². The van der Waals surface area contributed by atoms with Crippen molar-refractivity contribution in [3.05, 3.63) is 76.4 Å². The van der Waals surface area contributed by atoms with E-state index in [9.17, 15) is 4.79 Å². The van der Waals surface area contributed by atoms with Gasteiger partial charge in [-0.15, -0.1) is 0 Å². The van der Waals surface area contributed by atoms with Crippen LogP contribution >= 0.6 is 11.6 Å². The lowest BCUT2D eigenvalue weighted by Gasteiger charge is -2.07. The van der Waals surface area contributed by atoms with Crippen LogP contribution in [-0.2, 0) is 13.1 Å². The second kappa shape index (κ2) is 7.29. The number of benzene rings is 2. The average Bonchev–Trinajstić information content (AvgIpc) is 3.04. The van der Waals surface area contributed by atoms with E-state index >= 15 is 0 Å². The largest absolute Gasteiger partial charge is 0.478 e. The first-order valence-electron chi connectivity index (χ1n) is 7.44. The molecule has 122 valence electrons. The van der Waals surface area contributed by atoms with Crippen LogP contribution in [0.25, 0.3) is 11.3 Å². The summed E-state index contributed by atoms with van der Waals surface area (Å²) in [4.78, 5) is 11.0. The summed E-state index contributed by atoms with van der Waals surface area (Å²) in [6, 6.07) is 14.5. The molecule has 0 saturated carbocycles. The number of H-pyrrole nitrogens is 1. The van der Waals surface area contributed by atoms with Gasteiger partial charge in [0.25, 0.3) is 0 Å². The summed E-state index contributed by atoms with van der Waals surface area (Å²) in [5.41, 5.74) is 4.21. The molecule has 0 saturated heterocycles. The highest BCUT2D eigenvalue weighted by molar-refractivity contribution is 6.30. The van der Waals surface area contributed by atoms with Crippen molar-refractivity contribution in [1.29, 1.82) is 0 Å². The molecule has 0 radical (unpaired) electrons. The van der Waals surface area contributed by atoms with Crippen LogP contribution in [0.3, 0.4) is 0 Å². The molecule has 24 heavy (non-hydrogen) atoms. The molecule has 6 heteroatoms. The molecule has 3 N–H and O–H groups in total.